The number of amides is 1. The lowest BCUT2D eigenvalue weighted by molar-refractivity contribution is -0.160. The summed E-state index contributed by atoms with van der Waals surface area (Å²) in [6, 6.07) is 0.219. The minimum Gasteiger partial charge on any atom is -0.379 e. The van der Waals surface area contributed by atoms with E-state index in [4.69, 9.17) is 10.5 Å². The molecule has 1 rings (SSSR count). The van der Waals surface area contributed by atoms with Crippen LogP contribution in [0.3, 0.4) is 0 Å². The molecule has 1 heterocycles. The maximum absolute atomic E-state index is 11.7. The number of nitrogens with two attached hydrogens (primary N) is 1. The van der Waals surface area contributed by atoms with E-state index < -0.39 is 5.41 Å². The molecule has 0 aromatic carbocycles. The third-order valence-electron chi connectivity index (χ3n) is 2.62. The largest absolute Gasteiger partial charge is 0.379 e. The smallest absolute Gasteiger partial charge is 0.232 e. The fourth-order valence-corrected chi connectivity index (χ4v) is 1.17. The first-order chi connectivity index (χ1) is 6.14. The van der Waals surface area contributed by atoms with Gasteiger partial charge in [-0.05, 0) is 13.3 Å². The van der Waals surface area contributed by atoms with Crippen molar-refractivity contribution in [3.05, 3.63) is 0 Å². The number of nitrogens with one attached hydrogen (secondary N) is 1. The Morgan fingerprint density at radius 2 is 2.31 bits per heavy atom. The van der Waals surface area contributed by atoms with E-state index in [0.29, 0.717) is 19.8 Å². The van der Waals surface area contributed by atoms with Crippen molar-refractivity contribution in [3.63, 3.8) is 0 Å². The highest BCUT2D eigenvalue weighted by atomic mass is 16.5. The summed E-state index contributed by atoms with van der Waals surface area (Å²) in [6.45, 7) is 5.33. The highest BCUT2D eigenvalue weighted by Crippen LogP contribution is 2.26. The number of hydrogen-bond donors (Lipinski definition) is 2. The number of carbonyl (C=O) groups excluding carboxylic acids is 1. The monoisotopic (exact) mass is 186 g/mol. The highest BCUT2D eigenvalue weighted by Gasteiger charge is 2.44. The third-order valence-corrected chi connectivity index (χ3v) is 2.62. The van der Waals surface area contributed by atoms with E-state index in [0.717, 1.165) is 6.42 Å². The summed E-state index contributed by atoms with van der Waals surface area (Å²) in [4.78, 5) is 11.7. The van der Waals surface area contributed by atoms with Gasteiger partial charge in [0.2, 0.25) is 5.91 Å². The van der Waals surface area contributed by atoms with E-state index in [-0.39, 0.29) is 11.9 Å². The molecule has 0 saturated carbocycles. The lowest BCUT2D eigenvalue weighted by Gasteiger charge is -2.39. The number of rotatable bonds is 4. The first-order valence-electron chi connectivity index (χ1n) is 4.73. The van der Waals surface area contributed by atoms with Crippen LogP contribution in [0.25, 0.3) is 0 Å². The van der Waals surface area contributed by atoms with Crippen LogP contribution in [-0.2, 0) is 9.53 Å². The van der Waals surface area contributed by atoms with Gasteiger partial charge in [0.1, 0.15) is 5.41 Å². The van der Waals surface area contributed by atoms with E-state index >= 15 is 0 Å². The maximum atomic E-state index is 11.7. The second-order valence-corrected chi connectivity index (χ2v) is 3.76. The Balaban J connectivity index is 2.46. The van der Waals surface area contributed by atoms with Crippen molar-refractivity contribution in [1.29, 1.82) is 0 Å². The minimum atomic E-state index is -0.441. The first kappa shape index (κ1) is 10.5. The van der Waals surface area contributed by atoms with E-state index in [9.17, 15) is 4.79 Å². The fourth-order valence-electron chi connectivity index (χ4n) is 1.17. The zero-order valence-corrected chi connectivity index (χ0v) is 8.30. The molecular weight excluding hydrogens is 168 g/mol. The topological polar surface area (TPSA) is 64.4 Å². The summed E-state index contributed by atoms with van der Waals surface area (Å²) in [5, 5.41) is 2.92. The van der Waals surface area contributed by atoms with Crippen molar-refractivity contribution in [1.82, 2.24) is 5.32 Å². The Morgan fingerprint density at radius 3 is 2.62 bits per heavy atom. The quantitative estimate of drug-likeness (QED) is 0.643. The molecule has 0 aromatic rings. The summed E-state index contributed by atoms with van der Waals surface area (Å²) < 4.78 is 5.02. The molecule has 1 atom stereocenters. The van der Waals surface area contributed by atoms with Crippen LogP contribution < -0.4 is 11.1 Å². The molecule has 1 aliphatic heterocycles. The Morgan fingerprint density at radius 1 is 1.69 bits per heavy atom. The molecule has 1 amide bonds. The van der Waals surface area contributed by atoms with Crippen LogP contribution in [0.15, 0.2) is 0 Å². The second kappa shape index (κ2) is 4.07. The van der Waals surface area contributed by atoms with Crippen LogP contribution >= 0.6 is 0 Å². The Kier molecular flexibility index (Phi) is 3.27. The predicted molar refractivity (Wildman–Crippen MR) is 50.2 cm³/mol. The SMILES string of the molecule is CCC(C)NC(=O)C1(CN)COC1. The molecule has 76 valence electrons. The van der Waals surface area contributed by atoms with Gasteiger partial charge >= 0.3 is 0 Å². The summed E-state index contributed by atoms with van der Waals surface area (Å²) in [5.74, 6) is 0.0376. The highest BCUT2D eigenvalue weighted by molar-refractivity contribution is 5.84. The summed E-state index contributed by atoms with van der Waals surface area (Å²) in [5.41, 5.74) is 5.11. The van der Waals surface area contributed by atoms with Gasteiger partial charge in [-0.2, -0.15) is 0 Å². The third kappa shape index (κ3) is 2.00. The average molecular weight is 186 g/mol. The van der Waals surface area contributed by atoms with Gasteiger partial charge in [0.05, 0.1) is 13.2 Å². The van der Waals surface area contributed by atoms with Gasteiger partial charge in [0, 0.05) is 12.6 Å². The zero-order chi connectivity index (χ0) is 9.90. The molecule has 0 bridgehead atoms. The molecule has 13 heavy (non-hydrogen) atoms. The molecule has 1 fully saturated rings. The molecule has 0 spiro atoms. The molecule has 0 aliphatic carbocycles. The minimum absolute atomic E-state index is 0.0376. The standard InChI is InChI=1S/C9H18N2O2/c1-3-7(2)11-8(12)9(4-10)5-13-6-9/h7H,3-6,10H2,1-2H3,(H,11,12). The molecule has 1 saturated heterocycles. The van der Waals surface area contributed by atoms with Crippen LogP contribution in [-0.4, -0.2) is 31.7 Å². The van der Waals surface area contributed by atoms with Gasteiger partial charge in [0.25, 0.3) is 0 Å². The van der Waals surface area contributed by atoms with Gasteiger partial charge < -0.3 is 15.8 Å². The number of ether oxygens (including phenoxy) is 1. The molecule has 1 unspecified atom stereocenters. The Bertz CT molecular complexity index is 185. The Labute approximate surface area is 78.8 Å². The maximum Gasteiger partial charge on any atom is 0.232 e. The molecule has 3 N–H and O–H groups in total. The van der Waals surface area contributed by atoms with Gasteiger partial charge in [-0.3, -0.25) is 4.79 Å². The van der Waals surface area contributed by atoms with E-state index in [1.807, 2.05) is 13.8 Å². The summed E-state index contributed by atoms with van der Waals surface area (Å²) in [6.07, 6.45) is 0.938. The van der Waals surface area contributed by atoms with Crippen molar-refractivity contribution in [2.24, 2.45) is 11.1 Å². The Hall–Kier alpha value is -0.610. The summed E-state index contributed by atoms with van der Waals surface area (Å²) >= 11 is 0. The normalized spacial score (nSPS) is 21.8. The first-order valence-corrected chi connectivity index (χ1v) is 4.73. The van der Waals surface area contributed by atoms with Crippen molar-refractivity contribution < 1.29 is 9.53 Å². The molecule has 4 nitrogen and oxygen atoms in total. The van der Waals surface area contributed by atoms with Crippen LogP contribution in [0.2, 0.25) is 0 Å². The average Bonchev–Trinajstić information content (AvgIpc) is 2.03. The van der Waals surface area contributed by atoms with Crippen molar-refractivity contribution in [2.45, 2.75) is 26.3 Å². The molecular formula is C9H18N2O2. The predicted octanol–water partition coefficient (Wildman–Crippen LogP) is -0.124. The number of hydrogen-bond acceptors (Lipinski definition) is 3. The van der Waals surface area contributed by atoms with Gasteiger partial charge in [-0.15, -0.1) is 0 Å². The van der Waals surface area contributed by atoms with Crippen LogP contribution in [0.4, 0.5) is 0 Å². The van der Waals surface area contributed by atoms with Crippen molar-refractivity contribution in [2.75, 3.05) is 19.8 Å². The van der Waals surface area contributed by atoms with Gasteiger partial charge in [-0.25, -0.2) is 0 Å². The molecule has 4 heteroatoms. The van der Waals surface area contributed by atoms with Crippen LogP contribution in [0.1, 0.15) is 20.3 Å². The second-order valence-electron chi connectivity index (χ2n) is 3.76. The van der Waals surface area contributed by atoms with Gasteiger partial charge in [-0.1, -0.05) is 6.92 Å². The molecule has 0 aromatic heterocycles. The van der Waals surface area contributed by atoms with E-state index in [1.54, 1.807) is 0 Å². The van der Waals surface area contributed by atoms with E-state index in [2.05, 4.69) is 5.32 Å². The van der Waals surface area contributed by atoms with Crippen LogP contribution in [0, 0.1) is 5.41 Å². The fraction of sp³-hybridized carbons (Fsp3) is 0.889. The summed E-state index contributed by atoms with van der Waals surface area (Å²) in [7, 11) is 0. The molecule has 1 aliphatic rings. The lowest BCUT2D eigenvalue weighted by Crippen LogP contribution is -2.59. The lowest BCUT2D eigenvalue weighted by atomic mass is 9.85. The van der Waals surface area contributed by atoms with Crippen molar-refractivity contribution in [3.8, 4) is 0 Å². The number of carbonyl (C=O) groups is 1. The van der Waals surface area contributed by atoms with Crippen molar-refractivity contribution >= 4 is 5.91 Å². The molecule has 0 radical (unpaired) electrons. The van der Waals surface area contributed by atoms with E-state index in [1.165, 1.54) is 0 Å². The zero-order valence-electron chi connectivity index (χ0n) is 8.30. The van der Waals surface area contributed by atoms with Gasteiger partial charge in [0.15, 0.2) is 0 Å². The van der Waals surface area contributed by atoms with Crippen LogP contribution in [0.5, 0.6) is 0 Å².